The van der Waals surface area contributed by atoms with Crippen molar-refractivity contribution in [3.8, 4) is 0 Å². The molecule has 74 valence electrons. The summed E-state index contributed by atoms with van der Waals surface area (Å²) in [6.07, 6.45) is 5.58. The average Bonchev–Trinajstić information content (AvgIpc) is 2.08. The Morgan fingerprint density at radius 3 is 2.85 bits per heavy atom. The Bertz CT molecular complexity index is 215. The van der Waals surface area contributed by atoms with Crippen molar-refractivity contribution < 1.29 is 5.11 Å². The summed E-state index contributed by atoms with van der Waals surface area (Å²) in [5, 5.41) is 8.86. The second-order valence-electron chi connectivity index (χ2n) is 4.19. The Morgan fingerprint density at radius 2 is 2.31 bits per heavy atom. The standard InChI is InChI=1S/C12H20O/c1-9(2)11-5-4-10(3)12(8-11)6-7-13/h6,10-11,13H,1,4-5,7-8H2,2-3H3/b12-6+/t10-,11-/m1/s1. The summed E-state index contributed by atoms with van der Waals surface area (Å²) in [4.78, 5) is 0. The maximum atomic E-state index is 8.86. The number of rotatable bonds is 2. The van der Waals surface area contributed by atoms with Gasteiger partial charge in [-0.3, -0.25) is 0 Å². The predicted molar refractivity (Wildman–Crippen MR) is 56.5 cm³/mol. The van der Waals surface area contributed by atoms with E-state index in [-0.39, 0.29) is 6.61 Å². The number of allylic oxidation sites excluding steroid dienone is 2. The fourth-order valence-corrected chi connectivity index (χ4v) is 2.05. The molecule has 1 saturated carbocycles. The van der Waals surface area contributed by atoms with E-state index in [9.17, 15) is 0 Å². The highest BCUT2D eigenvalue weighted by atomic mass is 16.2. The third-order valence-electron chi connectivity index (χ3n) is 3.11. The van der Waals surface area contributed by atoms with Crippen molar-refractivity contribution >= 4 is 0 Å². The third kappa shape index (κ3) is 2.70. The highest BCUT2D eigenvalue weighted by molar-refractivity contribution is 5.14. The quantitative estimate of drug-likeness (QED) is 0.648. The Hall–Kier alpha value is -0.560. The van der Waals surface area contributed by atoms with Gasteiger partial charge in [-0.15, -0.1) is 0 Å². The van der Waals surface area contributed by atoms with Crippen LogP contribution in [0.3, 0.4) is 0 Å². The van der Waals surface area contributed by atoms with Crippen LogP contribution in [-0.2, 0) is 0 Å². The summed E-state index contributed by atoms with van der Waals surface area (Å²) in [5.41, 5.74) is 2.71. The zero-order chi connectivity index (χ0) is 9.84. The van der Waals surface area contributed by atoms with Gasteiger partial charge < -0.3 is 5.11 Å². The molecule has 1 fully saturated rings. The van der Waals surface area contributed by atoms with E-state index in [2.05, 4.69) is 20.4 Å². The predicted octanol–water partition coefficient (Wildman–Crippen LogP) is 2.92. The molecule has 1 nitrogen and oxygen atoms in total. The molecule has 1 N–H and O–H groups in total. The van der Waals surface area contributed by atoms with Gasteiger partial charge in [0.1, 0.15) is 0 Å². The molecule has 2 atom stereocenters. The number of aliphatic hydroxyl groups excluding tert-OH is 1. The lowest BCUT2D eigenvalue weighted by Gasteiger charge is -2.29. The lowest BCUT2D eigenvalue weighted by molar-refractivity contribution is 0.334. The van der Waals surface area contributed by atoms with Gasteiger partial charge >= 0.3 is 0 Å². The van der Waals surface area contributed by atoms with Crippen LogP contribution in [0.1, 0.15) is 33.1 Å². The highest BCUT2D eigenvalue weighted by Gasteiger charge is 2.22. The van der Waals surface area contributed by atoms with Gasteiger partial charge in [-0.05, 0) is 38.0 Å². The van der Waals surface area contributed by atoms with Crippen molar-refractivity contribution in [1.29, 1.82) is 0 Å². The van der Waals surface area contributed by atoms with Crippen LogP contribution in [0.2, 0.25) is 0 Å². The molecular weight excluding hydrogens is 160 g/mol. The van der Waals surface area contributed by atoms with Gasteiger partial charge in [-0.25, -0.2) is 0 Å². The lowest BCUT2D eigenvalue weighted by Crippen LogP contribution is -2.16. The molecule has 0 amide bonds. The van der Waals surface area contributed by atoms with Crippen molar-refractivity contribution in [3.63, 3.8) is 0 Å². The summed E-state index contributed by atoms with van der Waals surface area (Å²) in [7, 11) is 0. The van der Waals surface area contributed by atoms with E-state index in [1.165, 1.54) is 24.0 Å². The molecule has 0 aliphatic heterocycles. The van der Waals surface area contributed by atoms with E-state index in [0.29, 0.717) is 11.8 Å². The molecule has 0 heterocycles. The summed E-state index contributed by atoms with van der Waals surface area (Å²) < 4.78 is 0. The van der Waals surface area contributed by atoms with Gasteiger partial charge in [-0.1, -0.05) is 30.7 Å². The molecule has 13 heavy (non-hydrogen) atoms. The zero-order valence-corrected chi connectivity index (χ0v) is 8.71. The topological polar surface area (TPSA) is 20.2 Å². The molecular formula is C12H20O. The molecule has 0 spiro atoms. The second-order valence-corrected chi connectivity index (χ2v) is 4.19. The molecule has 1 aliphatic carbocycles. The summed E-state index contributed by atoms with van der Waals surface area (Å²) in [6, 6.07) is 0. The number of hydrogen-bond acceptors (Lipinski definition) is 1. The fraction of sp³-hybridized carbons (Fsp3) is 0.667. The monoisotopic (exact) mass is 180 g/mol. The molecule has 0 aromatic rings. The van der Waals surface area contributed by atoms with Gasteiger partial charge in [0.05, 0.1) is 6.61 Å². The van der Waals surface area contributed by atoms with E-state index >= 15 is 0 Å². The fourth-order valence-electron chi connectivity index (χ4n) is 2.05. The van der Waals surface area contributed by atoms with Crippen molar-refractivity contribution in [2.75, 3.05) is 6.61 Å². The van der Waals surface area contributed by atoms with Crippen molar-refractivity contribution in [2.45, 2.75) is 33.1 Å². The minimum absolute atomic E-state index is 0.183. The molecule has 0 aromatic heterocycles. The first-order valence-corrected chi connectivity index (χ1v) is 5.10. The Morgan fingerprint density at radius 1 is 1.62 bits per heavy atom. The third-order valence-corrected chi connectivity index (χ3v) is 3.11. The van der Waals surface area contributed by atoms with Crippen molar-refractivity contribution in [3.05, 3.63) is 23.8 Å². The zero-order valence-electron chi connectivity index (χ0n) is 8.71. The molecule has 0 radical (unpaired) electrons. The van der Waals surface area contributed by atoms with E-state index in [4.69, 9.17) is 5.11 Å². The van der Waals surface area contributed by atoms with Crippen LogP contribution in [0, 0.1) is 11.8 Å². The Balaban J connectivity index is 2.63. The summed E-state index contributed by atoms with van der Waals surface area (Å²) >= 11 is 0. The van der Waals surface area contributed by atoms with Gasteiger partial charge in [0, 0.05) is 0 Å². The molecule has 1 rings (SSSR count). The second kappa shape index (κ2) is 4.61. The van der Waals surface area contributed by atoms with E-state index < -0.39 is 0 Å². The lowest BCUT2D eigenvalue weighted by atomic mass is 9.76. The normalized spacial score (nSPS) is 32.1. The number of aliphatic hydroxyl groups is 1. The SMILES string of the molecule is C=C(C)[C@@H]1CC[C@@H](C)/C(=C/CO)C1. The summed E-state index contributed by atoms with van der Waals surface area (Å²) in [5.74, 6) is 1.30. The van der Waals surface area contributed by atoms with Crippen LogP contribution in [0.4, 0.5) is 0 Å². The minimum atomic E-state index is 0.183. The first kappa shape index (κ1) is 10.5. The maximum Gasteiger partial charge on any atom is 0.0615 e. The van der Waals surface area contributed by atoms with Crippen molar-refractivity contribution in [2.24, 2.45) is 11.8 Å². The van der Waals surface area contributed by atoms with Crippen LogP contribution in [0.15, 0.2) is 23.8 Å². The van der Waals surface area contributed by atoms with Crippen molar-refractivity contribution in [1.82, 2.24) is 0 Å². The molecule has 0 bridgehead atoms. The highest BCUT2D eigenvalue weighted by Crippen LogP contribution is 2.35. The molecule has 1 aliphatic rings. The Labute approximate surface area is 81.2 Å². The molecule has 0 unspecified atom stereocenters. The van der Waals surface area contributed by atoms with Crippen LogP contribution in [-0.4, -0.2) is 11.7 Å². The molecule has 0 saturated heterocycles. The first-order valence-electron chi connectivity index (χ1n) is 5.10. The van der Waals surface area contributed by atoms with Gasteiger partial charge in [0.15, 0.2) is 0 Å². The van der Waals surface area contributed by atoms with Crippen LogP contribution in [0.25, 0.3) is 0 Å². The van der Waals surface area contributed by atoms with E-state index in [1.54, 1.807) is 0 Å². The first-order chi connectivity index (χ1) is 6.15. The number of hydrogen-bond donors (Lipinski definition) is 1. The molecule has 0 aromatic carbocycles. The van der Waals surface area contributed by atoms with Gasteiger partial charge in [-0.2, -0.15) is 0 Å². The maximum absolute atomic E-state index is 8.86. The van der Waals surface area contributed by atoms with Crippen LogP contribution < -0.4 is 0 Å². The smallest absolute Gasteiger partial charge is 0.0615 e. The van der Waals surface area contributed by atoms with Gasteiger partial charge in [0.25, 0.3) is 0 Å². The largest absolute Gasteiger partial charge is 0.392 e. The van der Waals surface area contributed by atoms with E-state index in [1.807, 2.05) is 6.08 Å². The minimum Gasteiger partial charge on any atom is -0.392 e. The Kier molecular flexibility index (Phi) is 3.73. The van der Waals surface area contributed by atoms with Gasteiger partial charge in [0.2, 0.25) is 0 Å². The van der Waals surface area contributed by atoms with Crippen LogP contribution >= 0.6 is 0 Å². The molecule has 1 heteroatoms. The van der Waals surface area contributed by atoms with Crippen LogP contribution in [0.5, 0.6) is 0 Å². The van der Waals surface area contributed by atoms with E-state index in [0.717, 1.165) is 6.42 Å². The average molecular weight is 180 g/mol. The summed E-state index contributed by atoms with van der Waals surface area (Å²) in [6.45, 7) is 8.55.